The summed E-state index contributed by atoms with van der Waals surface area (Å²) in [4.78, 5) is 12.2. The first-order valence-electron chi connectivity index (χ1n) is 7.47. The van der Waals surface area contributed by atoms with Gasteiger partial charge >= 0.3 is 5.97 Å². The van der Waals surface area contributed by atoms with Crippen LogP contribution in [0.15, 0.2) is 30.3 Å². The maximum atomic E-state index is 12.2. The molecule has 0 spiro atoms. The van der Waals surface area contributed by atoms with Crippen molar-refractivity contribution in [3.63, 3.8) is 0 Å². The van der Waals surface area contributed by atoms with Gasteiger partial charge in [-0.15, -0.1) is 5.92 Å². The van der Waals surface area contributed by atoms with Gasteiger partial charge in [0.15, 0.2) is 0 Å². The van der Waals surface area contributed by atoms with Gasteiger partial charge in [-0.05, 0) is 38.7 Å². The van der Waals surface area contributed by atoms with Crippen LogP contribution in [0.1, 0.15) is 44.6 Å². The standard InChI is InChI=1S/C18H22O3/c1-3-11-18(20)12-10-15(17(19)21-4-2)16(13-18)14-8-6-5-7-9-14/h5-9,15-16,20H,4,10,12-13H2,1-2H3/t15-,16+,18?/m1/s1. The van der Waals surface area contributed by atoms with Crippen LogP contribution in [-0.2, 0) is 9.53 Å². The third-order valence-corrected chi connectivity index (χ3v) is 4.09. The van der Waals surface area contributed by atoms with Crippen LogP contribution in [0, 0.1) is 17.8 Å². The normalized spacial score (nSPS) is 28.3. The smallest absolute Gasteiger partial charge is 0.309 e. The summed E-state index contributed by atoms with van der Waals surface area (Å²) in [5, 5.41) is 10.6. The summed E-state index contributed by atoms with van der Waals surface area (Å²) < 4.78 is 5.20. The molecule has 1 unspecified atom stereocenters. The van der Waals surface area contributed by atoms with E-state index >= 15 is 0 Å². The Hall–Kier alpha value is -1.79. The van der Waals surface area contributed by atoms with Crippen LogP contribution in [0.2, 0.25) is 0 Å². The molecule has 0 amide bonds. The molecule has 3 atom stereocenters. The molecule has 1 aromatic rings. The molecule has 3 heteroatoms. The lowest BCUT2D eigenvalue weighted by atomic mass is 9.69. The highest BCUT2D eigenvalue weighted by Crippen LogP contribution is 2.43. The van der Waals surface area contributed by atoms with Gasteiger partial charge in [0.05, 0.1) is 12.5 Å². The van der Waals surface area contributed by atoms with Crippen LogP contribution in [0.25, 0.3) is 0 Å². The van der Waals surface area contributed by atoms with E-state index in [1.54, 1.807) is 6.92 Å². The summed E-state index contributed by atoms with van der Waals surface area (Å²) in [6, 6.07) is 9.86. The Labute approximate surface area is 126 Å². The highest BCUT2D eigenvalue weighted by Gasteiger charge is 2.42. The Morgan fingerprint density at radius 1 is 1.43 bits per heavy atom. The van der Waals surface area contributed by atoms with Crippen LogP contribution >= 0.6 is 0 Å². The number of ether oxygens (including phenoxy) is 1. The number of carbonyl (C=O) groups excluding carboxylic acids is 1. The molecule has 0 bridgehead atoms. The van der Waals surface area contributed by atoms with Crippen molar-refractivity contribution in [3.05, 3.63) is 35.9 Å². The number of aliphatic hydroxyl groups is 1. The molecule has 1 aliphatic carbocycles. The van der Waals surface area contributed by atoms with Gasteiger partial charge in [0.2, 0.25) is 0 Å². The molecule has 0 aliphatic heterocycles. The van der Waals surface area contributed by atoms with Crippen LogP contribution in [0.4, 0.5) is 0 Å². The quantitative estimate of drug-likeness (QED) is 0.686. The van der Waals surface area contributed by atoms with Crippen molar-refractivity contribution in [2.75, 3.05) is 6.61 Å². The molecule has 112 valence electrons. The topological polar surface area (TPSA) is 46.5 Å². The Balaban J connectivity index is 2.29. The first-order valence-corrected chi connectivity index (χ1v) is 7.47. The summed E-state index contributed by atoms with van der Waals surface area (Å²) in [6.07, 6.45) is 1.59. The number of rotatable bonds is 3. The third kappa shape index (κ3) is 3.65. The average molecular weight is 286 g/mol. The largest absolute Gasteiger partial charge is 0.466 e. The lowest BCUT2D eigenvalue weighted by Crippen LogP contribution is -2.40. The highest BCUT2D eigenvalue weighted by molar-refractivity contribution is 5.74. The van der Waals surface area contributed by atoms with E-state index in [2.05, 4.69) is 11.8 Å². The van der Waals surface area contributed by atoms with Gasteiger partial charge in [0.25, 0.3) is 0 Å². The maximum Gasteiger partial charge on any atom is 0.309 e. The molecule has 1 aliphatic rings. The minimum atomic E-state index is -1.00. The molecule has 1 fully saturated rings. The Morgan fingerprint density at radius 3 is 2.76 bits per heavy atom. The minimum Gasteiger partial charge on any atom is -0.466 e. The van der Waals surface area contributed by atoms with E-state index in [-0.39, 0.29) is 17.8 Å². The fraction of sp³-hybridized carbons (Fsp3) is 0.500. The number of hydrogen-bond acceptors (Lipinski definition) is 3. The number of esters is 1. The Bertz CT molecular complexity index is 541. The van der Waals surface area contributed by atoms with Crippen molar-refractivity contribution in [3.8, 4) is 11.8 Å². The average Bonchev–Trinajstić information content (AvgIpc) is 2.48. The number of carbonyl (C=O) groups is 1. The summed E-state index contributed by atoms with van der Waals surface area (Å²) in [7, 11) is 0. The molecular formula is C18H22O3. The highest BCUT2D eigenvalue weighted by atomic mass is 16.5. The van der Waals surface area contributed by atoms with Gasteiger partial charge < -0.3 is 9.84 Å². The molecule has 21 heavy (non-hydrogen) atoms. The van der Waals surface area contributed by atoms with E-state index < -0.39 is 5.60 Å². The van der Waals surface area contributed by atoms with E-state index in [0.29, 0.717) is 25.9 Å². The summed E-state index contributed by atoms with van der Waals surface area (Å²) in [5.41, 5.74) is 0.0599. The predicted octanol–water partition coefficient (Wildman–Crippen LogP) is 2.89. The summed E-state index contributed by atoms with van der Waals surface area (Å²) in [6.45, 7) is 3.93. The molecule has 1 saturated carbocycles. The zero-order valence-electron chi connectivity index (χ0n) is 12.6. The second kappa shape index (κ2) is 6.78. The van der Waals surface area contributed by atoms with Crippen LogP contribution in [-0.4, -0.2) is 23.3 Å². The lowest BCUT2D eigenvalue weighted by Gasteiger charge is -2.38. The Morgan fingerprint density at radius 2 is 2.14 bits per heavy atom. The van der Waals surface area contributed by atoms with Gasteiger partial charge in [-0.2, -0.15) is 0 Å². The van der Waals surface area contributed by atoms with E-state index in [0.717, 1.165) is 5.56 Å². The molecule has 2 rings (SSSR count). The fourth-order valence-corrected chi connectivity index (χ4v) is 3.13. The molecule has 0 aromatic heterocycles. The van der Waals surface area contributed by atoms with Gasteiger partial charge in [0.1, 0.15) is 5.60 Å². The van der Waals surface area contributed by atoms with E-state index in [4.69, 9.17) is 4.74 Å². The van der Waals surface area contributed by atoms with Gasteiger partial charge in [-0.3, -0.25) is 4.79 Å². The monoisotopic (exact) mass is 286 g/mol. The second-order valence-corrected chi connectivity index (χ2v) is 5.53. The molecule has 0 heterocycles. The van der Waals surface area contributed by atoms with Crippen molar-refractivity contribution < 1.29 is 14.6 Å². The lowest BCUT2D eigenvalue weighted by molar-refractivity contribution is -0.151. The maximum absolute atomic E-state index is 12.2. The predicted molar refractivity (Wildman–Crippen MR) is 81.6 cm³/mol. The first-order chi connectivity index (χ1) is 10.1. The van der Waals surface area contributed by atoms with E-state index in [9.17, 15) is 9.90 Å². The second-order valence-electron chi connectivity index (χ2n) is 5.53. The van der Waals surface area contributed by atoms with Gasteiger partial charge in [0, 0.05) is 5.92 Å². The molecule has 3 nitrogen and oxygen atoms in total. The van der Waals surface area contributed by atoms with Crippen LogP contribution < -0.4 is 0 Å². The van der Waals surface area contributed by atoms with E-state index in [1.165, 1.54) is 0 Å². The summed E-state index contributed by atoms with van der Waals surface area (Å²) >= 11 is 0. The van der Waals surface area contributed by atoms with E-state index in [1.807, 2.05) is 37.3 Å². The molecule has 0 radical (unpaired) electrons. The SMILES string of the molecule is CC#CC1(O)CC[C@@H](C(=O)OCC)[C@H](c2ccccc2)C1. The molecule has 1 aromatic carbocycles. The van der Waals surface area contributed by atoms with Crippen molar-refractivity contribution >= 4 is 5.97 Å². The molecule has 1 N–H and O–H groups in total. The van der Waals surface area contributed by atoms with Crippen LogP contribution in [0.3, 0.4) is 0 Å². The number of benzene rings is 1. The zero-order chi connectivity index (χ0) is 15.3. The van der Waals surface area contributed by atoms with Crippen molar-refractivity contribution in [2.45, 2.75) is 44.6 Å². The third-order valence-electron chi connectivity index (χ3n) is 4.09. The van der Waals surface area contributed by atoms with Crippen molar-refractivity contribution in [2.24, 2.45) is 5.92 Å². The van der Waals surface area contributed by atoms with Crippen LogP contribution in [0.5, 0.6) is 0 Å². The van der Waals surface area contributed by atoms with Crippen molar-refractivity contribution in [1.29, 1.82) is 0 Å². The fourth-order valence-electron chi connectivity index (χ4n) is 3.13. The summed E-state index contributed by atoms with van der Waals surface area (Å²) in [5.74, 6) is 5.29. The molecular weight excluding hydrogens is 264 g/mol. The minimum absolute atomic E-state index is 0.0511. The van der Waals surface area contributed by atoms with Crippen molar-refractivity contribution in [1.82, 2.24) is 0 Å². The Kier molecular flexibility index (Phi) is 5.03. The first kappa shape index (κ1) is 15.6. The van der Waals surface area contributed by atoms with Gasteiger partial charge in [-0.1, -0.05) is 36.3 Å². The molecule has 0 saturated heterocycles. The number of hydrogen-bond donors (Lipinski definition) is 1. The zero-order valence-corrected chi connectivity index (χ0v) is 12.6. The van der Waals surface area contributed by atoms with Gasteiger partial charge in [-0.25, -0.2) is 0 Å².